The topological polar surface area (TPSA) is 91.4 Å². The molecular formula is C20H22N4O4. The van der Waals surface area contributed by atoms with Crippen molar-refractivity contribution in [1.82, 2.24) is 20.3 Å². The fourth-order valence-corrected chi connectivity index (χ4v) is 3.37. The van der Waals surface area contributed by atoms with Gasteiger partial charge in [0.05, 0.1) is 43.8 Å². The maximum atomic E-state index is 12.7. The molecule has 3 aromatic rings. The number of aromatic nitrogens is 3. The van der Waals surface area contributed by atoms with Gasteiger partial charge in [-0.15, -0.1) is 0 Å². The van der Waals surface area contributed by atoms with Crippen LogP contribution >= 0.6 is 0 Å². The summed E-state index contributed by atoms with van der Waals surface area (Å²) in [4.78, 5) is 12.7. The second-order valence-electron chi connectivity index (χ2n) is 6.86. The molecule has 1 N–H and O–H groups in total. The van der Waals surface area contributed by atoms with Crippen LogP contribution in [0.15, 0.2) is 47.2 Å². The van der Waals surface area contributed by atoms with Gasteiger partial charge in [0.15, 0.2) is 0 Å². The van der Waals surface area contributed by atoms with Crippen LogP contribution < -0.4 is 10.1 Å². The molecular weight excluding hydrogens is 360 g/mol. The Kier molecular flexibility index (Phi) is 5.12. The first-order valence-electron chi connectivity index (χ1n) is 9.13. The van der Waals surface area contributed by atoms with Gasteiger partial charge in [-0.05, 0) is 19.1 Å². The highest BCUT2D eigenvalue weighted by Gasteiger charge is 2.31. The Bertz CT molecular complexity index is 965. The Morgan fingerprint density at radius 1 is 1.36 bits per heavy atom. The van der Waals surface area contributed by atoms with Crippen LogP contribution in [0.5, 0.6) is 5.75 Å². The SMILES string of the molecule is COc1ccccc1-n1cc(C(=O)N[C@H]2COC[C@H]2Cc2cc(C)no2)cn1. The van der Waals surface area contributed by atoms with Crippen molar-refractivity contribution in [2.75, 3.05) is 20.3 Å². The van der Waals surface area contributed by atoms with E-state index in [0.717, 1.165) is 17.1 Å². The molecule has 8 nitrogen and oxygen atoms in total. The molecule has 3 heterocycles. The Morgan fingerprint density at radius 3 is 3.00 bits per heavy atom. The standard InChI is InChI=1S/C20H22N4O4/c1-13-7-16(28-23-13)8-14-11-27-12-17(14)22-20(25)15-9-21-24(10-15)18-5-3-4-6-19(18)26-2/h3-7,9-10,14,17H,8,11-12H2,1-2H3,(H,22,25)/t14-,17+/m1/s1. The number of hydrogen-bond donors (Lipinski definition) is 1. The van der Waals surface area contributed by atoms with E-state index in [4.69, 9.17) is 14.0 Å². The first kappa shape index (κ1) is 18.2. The van der Waals surface area contributed by atoms with Crippen LogP contribution in [-0.2, 0) is 11.2 Å². The second kappa shape index (κ2) is 7.85. The number of methoxy groups -OCH3 is 1. The van der Waals surface area contributed by atoms with E-state index in [2.05, 4.69) is 15.6 Å². The van der Waals surface area contributed by atoms with Gasteiger partial charge in [0.1, 0.15) is 17.2 Å². The number of nitrogens with zero attached hydrogens (tertiary/aromatic N) is 3. The number of rotatable bonds is 6. The molecule has 28 heavy (non-hydrogen) atoms. The molecule has 1 aliphatic rings. The molecule has 1 aromatic carbocycles. The number of carbonyl (C=O) groups is 1. The number of ether oxygens (including phenoxy) is 2. The lowest BCUT2D eigenvalue weighted by Crippen LogP contribution is -2.40. The molecule has 1 amide bonds. The summed E-state index contributed by atoms with van der Waals surface area (Å²) in [5.41, 5.74) is 2.09. The summed E-state index contributed by atoms with van der Waals surface area (Å²) in [5, 5.41) is 11.3. The average molecular weight is 382 g/mol. The molecule has 2 atom stereocenters. The average Bonchev–Trinajstić information content (AvgIpc) is 3.44. The van der Waals surface area contributed by atoms with Gasteiger partial charge in [-0.25, -0.2) is 4.68 Å². The monoisotopic (exact) mass is 382 g/mol. The van der Waals surface area contributed by atoms with Gasteiger partial charge < -0.3 is 19.3 Å². The number of amides is 1. The number of benzene rings is 1. The molecule has 0 radical (unpaired) electrons. The van der Waals surface area contributed by atoms with E-state index in [1.807, 2.05) is 37.3 Å². The van der Waals surface area contributed by atoms with E-state index in [-0.39, 0.29) is 17.9 Å². The maximum absolute atomic E-state index is 12.7. The van der Waals surface area contributed by atoms with Crippen molar-refractivity contribution in [2.45, 2.75) is 19.4 Å². The Balaban J connectivity index is 1.44. The maximum Gasteiger partial charge on any atom is 0.254 e. The first-order valence-corrected chi connectivity index (χ1v) is 9.13. The van der Waals surface area contributed by atoms with Gasteiger partial charge in [-0.3, -0.25) is 4.79 Å². The zero-order chi connectivity index (χ0) is 19.5. The zero-order valence-electron chi connectivity index (χ0n) is 15.8. The van der Waals surface area contributed by atoms with E-state index < -0.39 is 0 Å². The van der Waals surface area contributed by atoms with Crippen molar-refractivity contribution >= 4 is 5.91 Å². The largest absolute Gasteiger partial charge is 0.494 e. The first-order chi connectivity index (χ1) is 13.6. The molecule has 146 valence electrons. The number of aryl methyl sites for hydroxylation is 1. The van der Waals surface area contributed by atoms with Crippen molar-refractivity contribution in [3.63, 3.8) is 0 Å². The van der Waals surface area contributed by atoms with Crippen molar-refractivity contribution in [3.05, 3.63) is 59.7 Å². The molecule has 0 bridgehead atoms. The molecule has 0 spiro atoms. The van der Waals surface area contributed by atoms with Gasteiger partial charge in [0.25, 0.3) is 5.91 Å². The predicted octanol–water partition coefficient (Wildman–Crippen LogP) is 2.16. The van der Waals surface area contributed by atoms with Crippen LogP contribution in [0.3, 0.4) is 0 Å². The lowest BCUT2D eigenvalue weighted by molar-refractivity contribution is 0.0924. The van der Waals surface area contributed by atoms with Crippen molar-refractivity contribution in [2.24, 2.45) is 5.92 Å². The Hall–Kier alpha value is -3.13. The normalized spacial score (nSPS) is 18.9. The predicted molar refractivity (Wildman–Crippen MR) is 101 cm³/mol. The molecule has 0 saturated carbocycles. The van der Waals surface area contributed by atoms with Crippen LogP contribution in [0.1, 0.15) is 21.8 Å². The van der Waals surface area contributed by atoms with E-state index in [1.54, 1.807) is 24.2 Å². The van der Waals surface area contributed by atoms with Crippen molar-refractivity contribution < 1.29 is 18.8 Å². The molecule has 0 aliphatic carbocycles. The number of hydrogen-bond acceptors (Lipinski definition) is 6. The van der Waals surface area contributed by atoms with Crippen LogP contribution in [-0.4, -0.2) is 47.2 Å². The van der Waals surface area contributed by atoms with Crippen LogP contribution in [0.4, 0.5) is 0 Å². The Labute approximate surface area is 162 Å². The fourth-order valence-electron chi connectivity index (χ4n) is 3.37. The summed E-state index contributed by atoms with van der Waals surface area (Å²) < 4.78 is 17.9. The van der Waals surface area contributed by atoms with E-state index in [0.29, 0.717) is 30.9 Å². The molecule has 0 unspecified atom stereocenters. The van der Waals surface area contributed by atoms with Crippen LogP contribution in [0.2, 0.25) is 0 Å². The minimum absolute atomic E-state index is 0.0903. The second-order valence-corrected chi connectivity index (χ2v) is 6.86. The zero-order valence-corrected chi connectivity index (χ0v) is 15.8. The fraction of sp³-hybridized carbons (Fsp3) is 0.350. The highest BCUT2D eigenvalue weighted by molar-refractivity contribution is 5.94. The van der Waals surface area contributed by atoms with Crippen LogP contribution in [0, 0.1) is 12.8 Å². The molecule has 8 heteroatoms. The number of para-hydroxylation sites is 2. The van der Waals surface area contributed by atoms with Crippen molar-refractivity contribution in [3.8, 4) is 11.4 Å². The Morgan fingerprint density at radius 2 is 2.21 bits per heavy atom. The minimum atomic E-state index is -0.185. The summed E-state index contributed by atoms with van der Waals surface area (Å²) in [6.45, 7) is 2.94. The van der Waals surface area contributed by atoms with E-state index >= 15 is 0 Å². The minimum Gasteiger partial charge on any atom is -0.494 e. The summed E-state index contributed by atoms with van der Waals surface area (Å²) in [6.07, 6.45) is 3.91. The molecule has 1 saturated heterocycles. The lowest BCUT2D eigenvalue weighted by Gasteiger charge is -2.17. The quantitative estimate of drug-likeness (QED) is 0.703. The lowest BCUT2D eigenvalue weighted by atomic mass is 9.98. The molecule has 2 aromatic heterocycles. The van der Waals surface area contributed by atoms with Gasteiger partial charge >= 0.3 is 0 Å². The van der Waals surface area contributed by atoms with Gasteiger partial charge in [-0.1, -0.05) is 17.3 Å². The summed E-state index contributed by atoms with van der Waals surface area (Å²) in [6, 6.07) is 9.33. The third-order valence-electron chi connectivity index (χ3n) is 4.83. The molecule has 4 rings (SSSR count). The van der Waals surface area contributed by atoms with Gasteiger partial charge in [0.2, 0.25) is 0 Å². The smallest absolute Gasteiger partial charge is 0.254 e. The molecule has 1 fully saturated rings. The third kappa shape index (κ3) is 3.77. The summed E-state index contributed by atoms with van der Waals surface area (Å²) in [5.74, 6) is 1.44. The van der Waals surface area contributed by atoms with Gasteiger partial charge in [0, 0.05) is 24.6 Å². The van der Waals surface area contributed by atoms with Crippen LogP contribution in [0.25, 0.3) is 5.69 Å². The highest BCUT2D eigenvalue weighted by atomic mass is 16.5. The summed E-state index contributed by atoms with van der Waals surface area (Å²) in [7, 11) is 1.60. The highest BCUT2D eigenvalue weighted by Crippen LogP contribution is 2.22. The number of carbonyl (C=O) groups excluding carboxylic acids is 1. The summed E-state index contributed by atoms with van der Waals surface area (Å²) >= 11 is 0. The molecule has 1 aliphatic heterocycles. The van der Waals surface area contributed by atoms with E-state index in [1.165, 1.54) is 0 Å². The van der Waals surface area contributed by atoms with Crippen molar-refractivity contribution in [1.29, 1.82) is 0 Å². The number of nitrogens with one attached hydrogen (secondary N) is 1. The van der Waals surface area contributed by atoms with Gasteiger partial charge in [-0.2, -0.15) is 5.10 Å². The van der Waals surface area contributed by atoms with E-state index in [9.17, 15) is 4.79 Å². The third-order valence-corrected chi connectivity index (χ3v) is 4.83.